The van der Waals surface area contributed by atoms with Crippen LogP contribution >= 0.6 is 0 Å². The van der Waals surface area contributed by atoms with Gasteiger partial charge < -0.3 is 5.32 Å². The number of rotatable bonds is 2. The van der Waals surface area contributed by atoms with E-state index >= 15 is 0 Å². The average Bonchev–Trinajstić information content (AvgIpc) is 3.00. The molecule has 4 nitrogen and oxygen atoms in total. The van der Waals surface area contributed by atoms with E-state index in [9.17, 15) is 0 Å². The lowest BCUT2D eigenvalue weighted by molar-refractivity contribution is 0.444. The van der Waals surface area contributed by atoms with Gasteiger partial charge in [0.25, 0.3) is 0 Å². The van der Waals surface area contributed by atoms with Crippen LogP contribution in [-0.2, 0) is 0 Å². The number of nitrogens with zero attached hydrogens (tertiary/aromatic N) is 3. The van der Waals surface area contributed by atoms with Crippen LogP contribution in [0, 0.1) is 0 Å². The summed E-state index contributed by atoms with van der Waals surface area (Å²) in [5.74, 6) is 1.24. The third kappa shape index (κ3) is 2.46. The Labute approximate surface area is 126 Å². The van der Waals surface area contributed by atoms with Crippen molar-refractivity contribution in [2.45, 2.75) is 56.8 Å². The summed E-state index contributed by atoms with van der Waals surface area (Å²) in [7, 11) is 0. The quantitative estimate of drug-likeness (QED) is 0.920. The molecule has 1 aliphatic carbocycles. The van der Waals surface area contributed by atoms with Gasteiger partial charge >= 0.3 is 0 Å². The Balaban J connectivity index is 1.71. The molecule has 1 saturated carbocycles. The van der Waals surface area contributed by atoms with Gasteiger partial charge in [-0.15, -0.1) is 0 Å². The van der Waals surface area contributed by atoms with E-state index < -0.39 is 0 Å². The molecule has 112 valence electrons. The molecule has 4 rings (SSSR count). The van der Waals surface area contributed by atoms with Crippen LogP contribution in [-0.4, -0.2) is 27.7 Å². The van der Waals surface area contributed by atoms with E-state index in [2.05, 4.69) is 27.1 Å². The predicted molar refractivity (Wildman–Crippen MR) is 83.7 cm³/mol. The highest BCUT2D eigenvalue weighted by molar-refractivity contribution is 5.49. The Bertz CT molecular complexity index is 606. The number of fused-ring (bicyclic) bond motifs is 1. The maximum Gasteiger partial charge on any atom is 0.158 e. The van der Waals surface area contributed by atoms with Crippen molar-refractivity contribution < 1.29 is 0 Å². The van der Waals surface area contributed by atoms with Gasteiger partial charge in [0.05, 0.1) is 11.9 Å². The van der Waals surface area contributed by atoms with E-state index in [0.717, 1.165) is 18.7 Å². The highest BCUT2D eigenvalue weighted by Crippen LogP contribution is 2.35. The lowest BCUT2D eigenvalue weighted by Crippen LogP contribution is -2.29. The van der Waals surface area contributed by atoms with E-state index in [1.54, 1.807) is 0 Å². The molecule has 21 heavy (non-hydrogen) atoms. The van der Waals surface area contributed by atoms with Gasteiger partial charge in [0.2, 0.25) is 0 Å². The molecule has 0 spiro atoms. The smallest absolute Gasteiger partial charge is 0.158 e. The van der Waals surface area contributed by atoms with Crippen molar-refractivity contribution in [2.24, 2.45) is 0 Å². The highest BCUT2D eigenvalue weighted by Gasteiger charge is 2.23. The summed E-state index contributed by atoms with van der Waals surface area (Å²) < 4.78 is 2.11. The number of nitrogens with one attached hydrogen (secondary N) is 1. The molecule has 0 bridgehead atoms. The number of aromatic nitrogens is 3. The Morgan fingerprint density at radius 3 is 2.71 bits per heavy atom. The number of hydrogen-bond donors (Lipinski definition) is 1. The second-order valence-corrected chi connectivity index (χ2v) is 6.58. The third-order valence-corrected chi connectivity index (χ3v) is 5.22. The first-order chi connectivity index (χ1) is 10.4. The van der Waals surface area contributed by atoms with Crippen LogP contribution in [0.3, 0.4) is 0 Å². The van der Waals surface area contributed by atoms with Gasteiger partial charge in [0.1, 0.15) is 0 Å². The van der Waals surface area contributed by atoms with Crippen LogP contribution in [0.2, 0.25) is 0 Å². The fraction of sp³-hybridized carbons (Fsp3) is 0.647. The molecule has 4 heteroatoms. The summed E-state index contributed by atoms with van der Waals surface area (Å²) in [5.41, 5.74) is 3.81. The van der Waals surface area contributed by atoms with E-state index in [1.807, 2.05) is 6.20 Å². The Morgan fingerprint density at radius 2 is 1.90 bits per heavy atom. The Hall–Kier alpha value is -1.42. The average molecular weight is 284 g/mol. The van der Waals surface area contributed by atoms with E-state index in [4.69, 9.17) is 5.10 Å². The fourth-order valence-corrected chi connectivity index (χ4v) is 4.04. The van der Waals surface area contributed by atoms with Gasteiger partial charge in [0, 0.05) is 24.2 Å². The topological polar surface area (TPSA) is 42.2 Å². The molecule has 1 N–H and O–H groups in total. The summed E-state index contributed by atoms with van der Waals surface area (Å²) in [6.07, 6.45) is 13.3. The van der Waals surface area contributed by atoms with Crippen LogP contribution in [0.1, 0.15) is 68.0 Å². The molecule has 2 aliphatic rings. The fourth-order valence-electron chi connectivity index (χ4n) is 4.04. The molecule has 0 amide bonds. The molecule has 2 aromatic rings. The lowest BCUT2D eigenvalue weighted by atomic mass is 9.85. The standard InChI is InChI=1S/C17H24N4/c1-2-5-13(6-3-1)15-12-20-21-16(8-10-19-17(15)21)14-7-4-9-18-11-14/h8,10,12-14,18H,1-7,9,11H2. The van der Waals surface area contributed by atoms with Gasteiger partial charge in [-0.05, 0) is 44.2 Å². The Kier molecular flexibility index (Phi) is 3.63. The van der Waals surface area contributed by atoms with Crippen LogP contribution in [0.5, 0.6) is 0 Å². The summed E-state index contributed by atoms with van der Waals surface area (Å²) in [6.45, 7) is 2.22. The molecular weight excluding hydrogens is 260 g/mol. The molecule has 1 unspecified atom stereocenters. The second kappa shape index (κ2) is 5.76. The van der Waals surface area contributed by atoms with Crippen molar-refractivity contribution in [3.05, 3.63) is 29.7 Å². The van der Waals surface area contributed by atoms with E-state index in [1.165, 1.54) is 56.2 Å². The largest absolute Gasteiger partial charge is 0.316 e. The molecule has 0 aromatic carbocycles. The van der Waals surface area contributed by atoms with Gasteiger partial charge in [-0.1, -0.05) is 19.3 Å². The van der Waals surface area contributed by atoms with Gasteiger partial charge in [-0.2, -0.15) is 5.10 Å². The molecule has 1 aliphatic heterocycles. The van der Waals surface area contributed by atoms with Crippen molar-refractivity contribution in [3.8, 4) is 0 Å². The van der Waals surface area contributed by atoms with Crippen molar-refractivity contribution in [3.63, 3.8) is 0 Å². The molecule has 2 aromatic heterocycles. The van der Waals surface area contributed by atoms with Gasteiger partial charge in [0.15, 0.2) is 5.65 Å². The zero-order valence-corrected chi connectivity index (χ0v) is 12.6. The zero-order valence-electron chi connectivity index (χ0n) is 12.6. The molecule has 1 atom stereocenters. The van der Waals surface area contributed by atoms with Crippen molar-refractivity contribution >= 4 is 5.65 Å². The predicted octanol–water partition coefficient (Wildman–Crippen LogP) is 3.24. The van der Waals surface area contributed by atoms with Crippen LogP contribution in [0.15, 0.2) is 18.5 Å². The minimum atomic E-state index is 0.573. The monoisotopic (exact) mass is 284 g/mol. The van der Waals surface area contributed by atoms with Crippen LogP contribution in [0.25, 0.3) is 5.65 Å². The molecular formula is C17H24N4. The van der Waals surface area contributed by atoms with Crippen molar-refractivity contribution in [1.29, 1.82) is 0 Å². The number of hydrogen-bond acceptors (Lipinski definition) is 3. The first-order valence-corrected chi connectivity index (χ1v) is 8.47. The summed E-state index contributed by atoms with van der Waals surface area (Å²) in [6, 6.07) is 2.16. The zero-order chi connectivity index (χ0) is 14.1. The SMILES string of the molecule is c1cc(C2CCCNC2)n2ncc(C3CCCCC3)c2n1. The van der Waals surface area contributed by atoms with Gasteiger partial charge in [-0.3, -0.25) is 0 Å². The lowest BCUT2D eigenvalue weighted by Gasteiger charge is -2.23. The minimum Gasteiger partial charge on any atom is -0.316 e. The second-order valence-electron chi connectivity index (χ2n) is 6.58. The third-order valence-electron chi connectivity index (χ3n) is 5.22. The van der Waals surface area contributed by atoms with E-state index in [-0.39, 0.29) is 0 Å². The Morgan fingerprint density at radius 1 is 1.05 bits per heavy atom. The molecule has 2 fully saturated rings. The van der Waals surface area contributed by atoms with Gasteiger partial charge in [-0.25, -0.2) is 9.50 Å². The summed E-state index contributed by atoms with van der Waals surface area (Å²) >= 11 is 0. The number of piperidine rings is 1. The van der Waals surface area contributed by atoms with Crippen LogP contribution < -0.4 is 5.32 Å². The summed E-state index contributed by atoms with van der Waals surface area (Å²) in [5, 5.41) is 8.20. The minimum absolute atomic E-state index is 0.573. The first kappa shape index (κ1) is 13.3. The maximum atomic E-state index is 4.70. The molecule has 1 saturated heterocycles. The van der Waals surface area contributed by atoms with Crippen molar-refractivity contribution in [2.75, 3.05) is 13.1 Å². The molecule has 3 heterocycles. The maximum absolute atomic E-state index is 4.70. The first-order valence-electron chi connectivity index (χ1n) is 8.47. The molecule has 0 radical (unpaired) electrons. The van der Waals surface area contributed by atoms with Crippen molar-refractivity contribution in [1.82, 2.24) is 19.9 Å². The normalized spacial score (nSPS) is 24.5. The highest BCUT2D eigenvalue weighted by atomic mass is 15.3. The summed E-state index contributed by atoms with van der Waals surface area (Å²) in [4.78, 5) is 4.65. The van der Waals surface area contributed by atoms with Crippen LogP contribution in [0.4, 0.5) is 0 Å². The van der Waals surface area contributed by atoms with E-state index in [0.29, 0.717) is 11.8 Å².